The number of alkyl halides is 1. The van der Waals surface area contributed by atoms with Gasteiger partial charge in [-0.3, -0.25) is 4.55 Å². The SMILES string of the molecule is CC[Si](CC)(CC)O[C@H](CI)CCc1ccccc1.Cc1ccc(S(=O)(=O)O)cc1. The third-order valence-corrected chi connectivity index (χ3v) is 12.0. The van der Waals surface area contributed by atoms with Crippen LogP contribution in [0.5, 0.6) is 0 Å². The van der Waals surface area contributed by atoms with E-state index in [0.29, 0.717) is 6.10 Å². The topological polar surface area (TPSA) is 63.6 Å². The molecule has 30 heavy (non-hydrogen) atoms. The van der Waals surface area contributed by atoms with E-state index in [4.69, 9.17) is 8.98 Å². The van der Waals surface area contributed by atoms with Gasteiger partial charge in [-0.2, -0.15) is 8.42 Å². The Morgan fingerprint density at radius 1 is 0.967 bits per heavy atom. The number of benzene rings is 2. The lowest BCUT2D eigenvalue weighted by atomic mass is 10.1. The summed E-state index contributed by atoms with van der Waals surface area (Å²) in [4.78, 5) is -0.0666. The predicted octanol–water partition coefficient (Wildman–Crippen LogP) is 6.69. The largest absolute Gasteiger partial charge is 0.413 e. The summed E-state index contributed by atoms with van der Waals surface area (Å²) in [5.74, 6) is 0. The standard InChI is InChI=1S/C16H27IOSi.C7H8O3S/c1-4-19(5-2,6-3)18-16(14-17)13-12-15-10-8-7-9-11-15;1-6-2-4-7(5-3-6)11(8,9)10/h7-11,16H,4-6,12-14H2,1-3H3;2-5H,1H3,(H,8,9,10)/t16-;/m0./s1. The van der Waals surface area contributed by atoms with Crippen LogP contribution in [0.2, 0.25) is 18.1 Å². The Kier molecular flexibility index (Phi) is 12.4. The molecule has 0 radical (unpaired) electrons. The lowest BCUT2D eigenvalue weighted by molar-refractivity contribution is 0.203. The second-order valence-corrected chi connectivity index (χ2v) is 14.5. The van der Waals surface area contributed by atoms with Crippen LogP contribution in [-0.4, -0.2) is 31.8 Å². The summed E-state index contributed by atoms with van der Waals surface area (Å²) in [5.41, 5.74) is 2.38. The molecule has 0 saturated carbocycles. The van der Waals surface area contributed by atoms with Crippen LogP contribution in [0.15, 0.2) is 59.5 Å². The minimum absolute atomic E-state index is 0.0666. The van der Waals surface area contributed by atoms with E-state index in [9.17, 15) is 8.42 Å². The fourth-order valence-corrected chi connectivity index (χ4v) is 7.55. The molecule has 0 saturated heterocycles. The average Bonchev–Trinajstić information content (AvgIpc) is 2.75. The molecule has 0 spiro atoms. The third-order valence-electron chi connectivity index (χ3n) is 5.44. The highest BCUT2D eigenvalue weighted by atomic mass is 127. The number of aryl methyl sites for hydroxylation is 2. The van der Waals surface area contributed by atoms with Crippen molar-refractivity contribution < 1.29 is 17.4 Å². The van der Waals surface area contributed by atoms with E-state index in [2.05, 4.69) is 73.7 Å². The zero-order valence-corrected chi connectivity index (χ0v) is 22.4. The first kappa shape index (κ1) is 27.3. The molecule has 0 unspecified atom stereocenters. The Bertz CT molecular complexity index is 814. The summed E-state index contributed by atoms with van der Waals surface area (Å²) in [6.07, 6.45) is 2.73. The maximum atomic E-state index is 10.5. The smallest absolute Gasteiger partial charge is 0.294 e. The fraction of sp³-hybridized carbons (Fsp3) is 0.478. The van der Waals surface area contributed by atoms with Gasteiger partial charge >= 0.3 is 0 Å². The molecule has 0 aliphatic carbocycles. The normalized spacial score (nSPS) is 12.7. The fourth-order valence-electron chi connectivity index (χ4n) is 3.20. The summed E-state index contributed by atoms with van der Waals surface area (Å²) >= 11 is 2.48. The van der Waals surface area contributed by atoms with Crippen LogP contribution in [0.1, 0.15) is 38.3 Å². The molecular weight excluding hydrogens is 527 g/mol. The Balaban J connectivity index is 0.000000346. The molecule has 2 rings (SSSR count). The maximum absolute atomic E-state index is 10.5. The average molecular weight is 563 g/mol. The molecular formula is C23H35IO4SSi. The van der Waals surface area contributed by atoms with Crippen LogP contribution in [0.25, 0.3) is 0 Å². The van der Waals surface area contributed by atoms with E-state index in [0.717, 1.165) is 22.8 Å². The lowest BCUT2D eigenvalue weighted by Gasteiger charge is -2.32. The molecule has 0 aliphatic heterocycles. The molecule has 1 atom stereocenters. The van der Waals surface area contributed by atoms with Gasteiger partial charge in [0.15, 0.2) is 8.32 Å². The van der Waals surface area contributed by atoms with E-state index in [1.807, 2.05) is 6.92 Å². The minimum Gasteiger partial charge on any atom is -0.413 e. The predicted molar refractivity (Wildman–Crippen MR) is 137 cm³/mol. The molecule has 1 N–H and O–H groups in total. The minimum atomic E-state index is -4.02. The van der Waals surface area contributed by atoms with Gasteiger partial charge in [-0.05, 0) is 55.6 Å². The molecule has 0 fully saturated rings. The first-order chi connectivity index (χ1) is 14.2. The van der Waals surface area contributed by atoms with Gasteiger partial charge in [0, 0.05) is 4.43 Å². The van der Waals surface area contributed by atoms with Crippen molar-refractivity contribution >= 4 is 41.0 Å². The summed E-state index contributed by atoms with van der Waals surface area (Å²) in [5, 5.41) is 0. The zero-order chi connectivity index (χ0) is 22.6. The van der Waals surface area contributed by atoms with Crippen LogP contribution in [-0.2, 0) is 21.0 Å². The van der Waals surface area contributed by atoms with Crippen LogP contribution in [0, 0.1) is 6.92 Å². The van der Waals surface area contributed by atoms with E-state index in [1.165, 1.54) is 35.8 Å². The first-order valence-electron chi connectivity index (χ1n) is 10.5. The maximum Gasteiger partial charge on any atom is 0.294 e. The number of halogens is 1. The summed E-state index contributed by atoms with van der Waals surface area (Å²) in [6, 6.07) is 20.5. The zero-order valence-electron chi connectivity index (χ0n) is 18.5. The molecule has 2 aromatic rings. The van der Waals surface area contributed by atoms with Crippen molar-refractivity contribution in [2.24, 2.45) is 0 Å². The van der Waals surface area contributed by atoms with Crippen molar-refractivity contribution in [3.63, 3.8) is 0 Å². The van der Waals surface area contributed by atoms with Gasteiger partial charge in [0.05, 0.1) is 11.0 Å². The highest BCUT2D eigenvalue weighted by Gasteiger charge is 2.31. The van der Waals surface area contributed by atoms with Gasteiger partial charge in [-0.1, -0.05) is 91.4 Å². The summed E-state index contributed by atoms with van der Waals surface area (Å²) in [6.45, 7) is 8.76. The highest BCUT2D eigenvalue weighted by Crippen LogP contribution is 2.25. The molecule has 0 aromatic heterocycles. The molecule has 0 amide bonds. The van der Waals surface area contributed by atoms with Gasteiger partial charge in [-0.15, -0.1) is 0 Å². The first-order valence-corrected chi connectivity index (χ1v) is 16.0. The van der Waals surface area contributed by atoms with Gasteiger partial charge in [-0.25, -0.2) is 0 Å². The number of rotatable bonds is 10. The second kappa shape index (κ2) is 13.6. The quantitative estimate of drug-likeness (QED) is 0.152. The Morgan fingerprint density at radius 2 is 1.50 bits per heavy atom. The molecule has 0 heterocycles. The molecule has 0 bridgehead atoms. The van der Waals surface area contributed by atoms with Crippen LogP contribution in [0.3, 0.4) is 0 Å². The van der Waals surface area contributed by atoms with Crippen LogP contribution < -0.4 is 0 Å². The van der Waals surface area contributed by atoms with Crippen molar-refractivity contribution in [2.75, 3.05) is 4.43 Å². The van der Waals surface area contributed by atoms with E-state index >= 15 is 0 Å². The molecule has 4 nitrogen and oxygen atoms in total. The van der Waals surface area contributed by atoms with Gasteiger partial charge in [0.25, 0.3) is 10.1 Å². The van der Waals surface area contributed by atoms with E-state index in [1.54, 1.807) is 12.1 Å². The highest BCUT2D eigenvalue weighted by molar-refractivity contribution is 14.1. The summed E-state index contributed by atoms with van der Waals surface area (Å²) in [7, 11) is -5.46. The van der Waals surface area contributed by atoms with Crippen LogP contribution >= 0.6 is 22.6 Å². The van der Waals surface area contributed by atoms with Crippen LogP contribution in [0.4, 0.5) is 0 Å². The van der Waals surface area contributed by atoms with E-state index < -0.39 is 18.4 Å². The Hall–Kier alpha value is -0.743. The number of hydrogen-bond acceptors (Lipinski definition) is 3. The second-order valence-electron chi connectivity index (χ2n) is 7.45. The lowest BCUT2D eigenvalue weighted by Crippen LogP contribution is -2.40. The monoisotopic (exact) mass is 562 g/mol. The van der Waals surface area contributed by atoms with Gasteiger partial charge in [0.1, 0.15) is 0 Å². The van der Waals surface area contributed by atoms with Gasteiger partial charge in [0.2, 0.25) is 0 Å². The van der Waals surface area contributed by atoms with E-state index in [-0.39, 0.29) is 4.90 Å². The molecule has 2 aromatic carbocycles. The Labute approximate surface area is 197 Å². The van der Waals surface area contributed by atoms with Gasteiger partial charge < -0.3 is 4.43 Å². The van der Waals surface area contributed by atoms with Crippen molar-refractivity contribution in [3.8, 4) is 0 Å². The molecule has 0 aliphatic rings. The molecule has 168 valence electrons. The van der Waals surface area contributed by atoms with Crippen molar-refractivity contribution in [2.45, 2.75) is 69.7 Å². The third kappa shape index (κ3) is 9.59. The number of hydrogen-bond donors (Lipinski definition) is 1. The van der Waals surface area contributed by atoms with Crippen molar-refractivity contribution in [3.05, 3.63) is 65.7 Å². The van der Waals surface area contributed by atoms with Crippen molar-refractivity contribution in [1.82, 2.24) is 0 Å². The summed E-state index contributed by atoms with van der Waals surface area (Å²) < 4.78 is 37.3. The van der Waals surface area contributed by atoms with Crippen molar-refractivity contribution in [1.29, 1.82) is 0 Å². The molecule has 7 heteroatoms. The Morgan fingerprint density at radius 3 is 1.93 bits per heavy atom.